The summed E-state index contributed by atoms with van der Waals surface area (Å²) in [5.41, 5.74) is 5.82. The molecule has 1 aromatic heterocycles. The fourth-order valence-corrected chi connectivity index (χ4v) is 2.56. The topological polar surface area (TPSA) is 65.2 Å². The van der Waals surface area contributed by atoms with Gasteiger partial charge in [0.25, 0.3) is 5.92 Å². The lowest BCUT2D eigenvalue weighted by atomic mass is 10.1. The quantitative estimate of drug-likeness (QED) is 0.638. The van der Waals surface area contributed by atoms with Crippen molar-refractivity contribution < 1.29 is 18.3 Å². The molecule has 0 aliphatic heterocycles. The highest BCUT2D eigenvalue weighted by atomic mass is 35.5. The Morgan fingerprint density at radius 3 is 2.67 bits per heavy atom. The summed E-state index contributed by atoms with van der Waals surface area (Å²) in [5.74, 6) is -2.72. The van der Waals surface area contributed by atoms with Crippen LogP contribution < -0.4 is 10.5 Å². The zero-order valence-electron chi connectivity index (χ0n) is 15.1. The summed E-state index contributed by atoms with van der Waals surface area (Å²) < 4.78 is 33.0. The predicted octanol–water partition coefficient (Wildman–Crippen LogP) is 5.55. The third-order valence-electron chi connectivity index (χ3n) is 3.91. The molecule has 0 unspecified atom stereocenters. The first-order valence-electron chi connectivity index (χ1n) is 8.49. The van der Waals surface area contributed by atoms with Crippen LogP contribution in [-0.4, -0.2) is 10.9 Å². The van der Waals surface area contributed by atoms with Gasteiger partial charge in [0.1, 0.15) is 5.75 Å². The zero-order valence-corrected chi connectivity index (χ0v) is 15.8. The van der Waals surface area contributed by atoms with Crippen molar-refractivity contribution in [3.8, 4) is 11.6 Å². The molecule has 0 aliphatic carbocycles. The van der Waals surface area contributed by atoms with E-state index >= 15 is 0 Å². The van der Waals surface area contributed by atoms with E-state index in [1.165, 1.54) is 25.1 Å². The number of pyridine rings is 1. The van der Waals surface area contributed by atoms with Crippen molar-refractivity contribution in [2.45, 2.75) is 32.6 Å². The van der Waals surface area contributed by atoms with E-state index in [4.69, 9.17) is 22.1 Å². The molecule has 0 bridgehead atoms. The number of primary amides is 1. The third kappa shape index (κ3) is 6.03. The second kappa shape index (κ2) is 8.95. The van der Waals surface area contributed by atoms with Gasteiger partial charge >= 0.3 is 0 Å². The first-order valence-corrected chi connectivity index (χ1v) is 8.87. The summed E-state index contributed by atoms with van der Waals surface area (Å²) in [5, 5.41) is 0.0895. The Hall–Kier alpha value is -2.47. The fourth-order valence-electron chi connectivity index (χ4n) is 2.34. The SMILES string of the molecule is CCC(F)(F)c1ccc(Oc2ccc(/C=C/[C@H](C)CC(N)=O)cn2)c(Cl)c1. The number of alkyl halides is 2. The predicted molar refractivity (Wildman–Crippen MR) is 102 cm³/mol. The number of carbonyl (C=O) groups excluding carboxylic acids is 1. The second-order valence-corrected chi connectivity index (χ2v) is 6.65. The van der Waals surface area contributed by atoms with Crippen LogP contribution in [0.3, 0.4) is 0 Å². The van der Waals surface area contributed by atoms with E-state index < -0.39 is 5.92 Å². The van der Waals surface area contributed by atoms with E-state index in [1.54, 1.807) is 18.3 Å². The van der Waals surface area contributed by atoms with E-state index in [-0.39, 0.29) is 46.9 Å². The standard InChI is InChI=1S/C20H21ClF2N2O2/c1-3-20(22,23)15-7-8-17(16(21)11-15)27-19-9-6-14(12-25-19)5-4-13(2)10-18(24)26/h4-9,11-13H,3,10H2,1-2H3,(H2,24,26)/b5-4+/t13-/m0/s1. The van der Waals surface area contributed by atoms with Gasteiger partial charge < -0.3 is 10.5 Å². The minimum absolute atomic E-state index is 0.0250. The zero-order chi connectivity index (χ0) is 20.0. The Balaban J connectivity index is 2.06. The number of nitrogens with zero attached hydrogens (tertiary/aromatic N) is 1. The van der Waals surface area contributed by atoms with E-state index in [2.05, 4.69) is 4.98 Å². The maximum absolute atomic E-state index is 13.7. The molecule has 2 rings (SSSR count). The lowest BCUT2D eigenvalue weighted by molar-refractivity contribution is -0.118. The lowest BCUT2D eigenvalue weighted by Crippen LogP contribution is -2.13. The molecule has 2 aromatic rings. The monoisotopic (exact) mass is 394 g/mol. The first-order chi connectivity index (χ1) is 12.7. The highest BCUT2D eigenvalue weighted by Crippen LogP contribution is 2.37. The van der Waals surface area contributed by atoms with Crippen LogP contribution in [0, 0.1) is 5.92 Å². The molecule has 0 fully saturated rings. The van der Waals surface area contributed by atoms with Crippen LogP contribution >= 0.6 is 11.6 Å². The van der Waals surface area contributed by atoms with Gasteiger partial charge in [-0.05, 0) is 35.7 Å². The maximum atomic E-state index is 13.7. The van der Waals surface area contributed by atoms with Crippen LogP contribution in [-0.2, 0) is 10.7 Å². The van der Waals surface area contributed by atoms with Gasteiger partial charge in [-0.1, -0.05) is 37.6 Å². The van der Waals surface area contributed by atoms with Crippen LogP contribution in [0.25, 0.3) is 6.08 Å². The minimum Gasteiger partial charge on any atom is -0.437 e. The van der Waals surface area contributed by atoms with Gasteiger partial charge in [0.05, 0.1) is 5.02 Å². The molecule has 27 heavy (non-hydrogen) atoms. The van der Waals surface area contributed by atoms with Crippen molar-refractivity contribution >= 4 is 23.6 Å². The van der Waals surface area contributed by atoms with Crippen LogP contribution in [0.15, 0.2) is 42.6 Å². The molecule has 1 aromatic carbocycles. The molecule has 1 heterocycles. The largest absolute Gasteiger partial charge is 0.437 e. The van der Waals surface area contributed by atoms with Gasteiger partial charge in [0, 0.05) is 30.7 Å². The number of rotatable bonds is 8. The van der Waals surface area contributed by atoms with Crippen molar-refractivity contribution in [3.63, 3.8) is 0 Å². The van der Waals surface area contributed by atoms with Gasteiger partial charge in [-0.15, -0.1) is 0 Å². The van der Waals surface area contributed by atoms with Gasteiger partial charge in [0.15, 0.2) is 0 Å². The number of benzene rings is 1. The third-order valence-corrected chi connectivity index (χ3v) is 4.21. The highest BCUT2D eigenvalue weighted by Gasteiger charge is 2.29. The molecule has 0 saturated carbocycles. The number of carbonyl (C=O) groups is 1. The van der Waals surface area contributed by atoms with Crippen LogP contribution in [0.4, 0.5) is 8.78 Å². The van der Waals surface area contributed by atoms with Crippen molar-refractivity contribution in [2.24, 2.45) is 11.7 Å². The molecular weight excluding hydrogens is 374 g/mol. The van der Waals surface area contributed by atoms with Crippen LogP contribution in [0.2, 0.25) is 5.02 Å². The molecular formula is C20H21ClF2N2O2. The molecule has 4 nitrogen and oxygen atoms in total. The van der Waals surface area contributed by atoms with Crippen molar-refractivity contribution in [1.29, 1.82) is 0 Å². The van der Waals surface area contributed by atoms with Crippen molar-refractivity contribution in [3.05, 3.63) is 58.8 Å². The molecule has 144 valence electrons. The number of nitrogens with two attached hydrogens (primary N) is 1. The number of hydrogen-bond acceptors (Lipinski definition) is 3. The minimum atomic E-state index is -2.93. The molecule has 1 amide bonds. The molecule has 0 saturated heterocycles. The van der Waals surface area contributed by atoms with Gasteiger partial charge in [-0.3, -0.25) is 4.79 Å². The highest BCUT2D eigenvalue weighted by molar-refractivity contribution is 6.32. The number of hydrogen-bond donors (Lipinski definition) is 1. The number of amides is 1. The Morgan fingerprint density at radius 1 is 1.37 bits per heavy atom. The summed E-state index contributed by atoms with van der Waals surface area (Å²) in [6, 6.07) is 7.33. The first kappa shape index (κ1) is 20.8. The summed E-state index contributed by atoms with van der Waals surface area (Å²) in [7, 11) is 0. The van der Waals surface area contributed by atoms with Crippen molar-refractivity contribution in [2.75, 3.05) is 0 Å². The Kier molecular flexibility index (Phi) is 6.91. The number of aromatic nitrogens is 1. The summed E-state index contributed by atoms with van der Waals surface area (Å²) in [6.07, 6.45) is 5.26. The van der Waals surface area contributed by atoms with E-state index in [1.807, 2.05) is 19.1 Å². The molecule has 1 atom stereocenters. The lowest BCUT2D eigenvalue weighted by Gasteiger charge is -2.15. The number of ether oxygens (including phenoxy) is 1. The van der Waals surface area contributed by atoms with Crippen LogP contribution in [0.1, 0.15) is 37.8 Å². The average Bonchev–Trinajstić information content (AvgIpc) is 2.62. The van der Waals surface area contributed by atoms with E-state index in [9.17, 15) is 13.6 Å². The number of halogens is 3. The Bertz CT molecular complexity index is 823. The van der Waals surface area contributed by atoms with E-state index in [0.29, 0.717) is 0 Å². The average molecular weight is 395 g/mol. The van der Waals surface area contributed by atoms with E-state index in [0.717, 1.165) is 5.56 Å². The fraction of sp³-hybridized carbons (Fsp3) is 0.300. The Labute approximate surface area is 162 Å². The summed E-state index contributed by atoms with van der Waals surface area (Å²) in [4.78, 5) is 15.0. The number of allylic oxidation sites excluding steroid dienone is 1. The van der Waals surface area contributed by atoms with Gasteiger partial charge in [-0.25, -0.2) is 13.8 Å². The Morgan fingerprint density at radius 2 is 2.11 bits per heavy atom. The smallest absolute Gasteiger partial charge is 0.273 e. The van der Waals surface area contributed by atoms with Gasteiger partial charge in [0.2, 0.25) is 11.8 Å². The molecule has 2 N–H and O–H groups in total. The summed E-state index contributed by atoms with van der Waals surface area (Å²) in [6.45, 7) is 3.30. The van der Waals surface area contributed by atoms with Crippen molar-refractivity contribution in [1.82, 2.24) is 4.98 Å². The second-order valence-electron chi connectivity index (χ2n) is 6.24. The summed E-state index contributed by atoms with van der Waals surface area (Å²) >= 11 is 6.06. The van der Waals surface area contributed by atoms with Gasteiger partial charge in [-0.2, -0.15) is 0 Å². The maximum Gasteiger partial charge on any atom is 0.273 e. The normalized spacial score (nSPS) is 12.9. The molecule has 7 heteroatoms. The molecule has 0 aliphatic rings. The molecule has 0 spiro atoms. The van der Waals surface area contributed by atoms with Crippen LogP contribution in [0.5, 0.6) is 11.6 Å². The molecule has 0 radical (unpaired) electrons.